The Balaban J connectivity index is -0.0000000419. The Hall–Kier alpha value is 3.29. The molecule has 0 aromatic carbocycles. The summed E-state index contributed by atoms with van der Waals surface area (Å²) in [5, 5.41) is 0. The quantitative estimate of drug-likeness (QED) is 0.0609. The molecule has 24 N–H and O–H groups in total. The summed E-state index contributed by atoms with van der Waals surface area (Å²) in [4.78, 5) is 83.6. The normalized spacial score (nSPS) is 11.8. The van der Waals surface area contributed by atoms with Crippen molar-refractivity contribution < 1.29 is 187 Å². The van der Waals surface area contributed by atoms with Crippen LogP contribution in [0.15, 0.2) is 0 Å². The van der Waals surface area contributed by atoms with Crippen molar-refractivity contribution in [2.75, 3.05) is 0 Å². The van der Waals surface area contributed by atoms with Crippen LogP contribution in [0.2, 0.25) is 0 Å². The monoisotopic (exact) mass is 1740 g/mol. The maximum atomic E-state index is 10.4. The second-order valence-corrected chi connectivity index (χ2v) is 27.5. The molecule has 0 amide bonds. The SMILES string of the molecule is O=P(O)(O)F.O=P(O)(O)F.O=P(O)(O)F.O=P(O)(O)F.O=P(O)(O)F.O=P(O)(O)F.[O]=[Sb]([OH])([OH])[F].[O]=[Sb]([OH])([OH])[F].[O]=[Sb]([OH])([OH])[F].[O]=[Sb]([OH])([OH])[F].[O]=[Sb]([OH])([OH])[F].[O]=[Sb]([OH])([OH])[F]. The molecule has 0 spiro atoms. The zero-order valence-corrected chi connectivity index (χ0v) is 46.2. The molecule has 0 aliphatic heterocycles. The van der Waals surface area contributed by atoms with E-state index in [0.29, 0.717) is 0 Å². The van der Waals surface area contributed by atoms with Crippen LogP contribution in [0.3, 0.4) is 0 Å². The molecule has 0 aromatic rings. The van der Waals surface area contributed by atoms with Gasteiger partial charge in [0.2, 0.25) is 0 Å². The van der Waals surface area contributed by atoms with Crippen LogP contribution < -0.4 is 0 Å². The van der Waals surface area contributed by atoms with Crippen LogP contribution >= 0.6 is 47.4 Å². The van der Waals surface area contributed by atoms with Crippen molar-refractivity contribution in [1.82, 2.24) is 0 Å². The summed E-state index contributed by atoms with van der Waals surface area (Å²) in [6.45, 7) is 0. The predicted molar refractivity (Wildman–Crippen MR) is 151 cm³/mol. The molecule has 384 valence electrons. The molecule has 0 aliphatic rings. The van der Waals surface area contributed by atoms with Gasteiger partial charge in [-0.25, -0.2) is 27.4 Å². The predicted octanol–water partition coefficient (Wildman–Crippen LogP) is -6.87. The molecule has 0 rings (SSSR count). The topological polar surface area (TPSA) is 690 Å². The average Bonchev–Trinajstić information content (AvgIpc) is 2.48. The first-order chi connectivity index (χ1) is 24.0. The fraction of sp³-hybridized carbons (Fsp3) is 0. The van der Waals surface area contributed by atoms with Gasteiger partial charge in [-0.15, -0.1) is 25.2 Å². The van der Waals surface area contributed by atoms with Gasteiger partial charge in [0.15, 0.2) is 0 Å². The van der Waals surface area contributed by atoms with Crippen molar-refractivity contribution >= 4 is 169 Å². The number of hydrogen-bond acceptors (Lipinski definition) is 12. The van der Waals surface area contributed by atoms with Crippen molar-refractivity contribution in [3.63, 3.8) is 0 Å². The molecule has 0 bridgehead atoms. The third-order valence-electron chi connectivity index (χ3n) is 0. The van der Waals surface area contributed by atoms with E-state index in [2.05, 4.69) is 0 Å². The average molecular weight is 1740 g/mol. The van der Waals surface area contributed by atoms with Gasteiger partial charge >= 0.3 is 244 Å². The van der Waals surface area contributed by atoms with Gasteiger partial charge in [-0.05, 0) is 0 Å². The third kappa shape index (κ3) is 20600. The third-order valence-corrected chi connectivity index (χ3v) is 0. The molecular formula is H24F12O36P6Sb6. The Morgan fingerprint density at radius 2 is 0.217 bits per heavy atom. The minimum absolute atomic E-state index is 5.14. The molecule has 36 nitrogen and oxygen atoms in total. The van der Waals surface area contributed by atoms with Crippen molar-refractivity contribution in [1.29, 1.82) is 0 Å². The number of rotatable bonds is 0. The summed E-state index contributed by atoms with van der Waals surface area (Å²) < 4.78 is 314. The van der Waals surface area contributed by atoms with Gasteiger partial charge < -0.3 is 0 Å². The molecule has 0 heterocycles. The summed E-state index contributed by atoms with van der Waals surface area (Å²) in [7, 11) is -30.8. The molecule has 0 unspecified atom stereocenters. The molecule has 60 heteroatoms. The van der Waals surface area contributed by atoms with Gasteiger partial charge in [-0.2, -0.15) is 0 Å². The van der Waals surface area contributed by atoms with Crippen LogP contribution in [0.25, 0.3) is 0 Å². The van der Waals surface area contributed by atoms with Crippen molar-refractivity contribution in [2.24, 2.45) is 0 Å². The first kappa shape index (κ1) is 93.3. The van der Waals surface area contributed by atoms with Crippen LogP contribution in [-0.2, 0) is 45.5 Å². The van der Waals surface area contributed by atoms with Gasteiger partial charge in [0, 0.05) is 0 Å². The molecule has 0 aliphatic carbocycles. The van der Waals surface area contributed by atoms with E-state index >= 15 is 0 Å². The second kappa shape index (κ2) is 41.3. The van der Waals surface area contributed by atoms with Crippen LogP contribution in [0.5, 0.6) is 0 Å². The van der Waals surface area contributed by atoms with E-state index in [1.165, 1.54) is 0 Å². The van der Waals surface area contributed by atoms with Gasteiger partial charge in [-0.1, -0.05) is 0 Å². The summed E-state index contributed by atoms with van der Waals surface area (Å²) in [6.07, 6.45) is 0. The van der Waals surface area contributed by atoms with Gasteiger partial charge in [-0.3, -0.25) is 58.7 Å². The molecule has 0 atom stereocenters. The van der Waals surface area contributed by atoms with E-state index in [1.807, 2.05) is 0 Å². The Morgan fingerprint density at radius 3 is 0.217 bits per heavy atom. The van der Waals surface area contributed by atoms with E-state index in [4.69, 9.17) is 145 Å². The van der Waals surface area contributed by atoms with Gasteiger partial charge in [0.25, 0.3) is 0 Å². The number of halogens is 12. The Kier molecular flexibility index (Phi) is 64.2. The Bertz CT molecular complexity index is 1080. The Labute approximate surface area is 351 Å². The zero-order valence-electron chi connectivity index (χ0n) is 25.5. The number of hydrogen-bond donors (Lipinski definition) is 24. The minimum atomic E-state index is -5.85. The fourth-order valence-electron chi connectivity index (χ4n) is 0. The first-order valence-corrected chi connectivity index (χ1v) is 43.8. The second-order valence-electron chi connectivity index (χ2n) is 5.68. The van der Waals surface area contributed by atoms with E-state index in [9.17, 15) is 42.1 Å². The van der Waals surface area contributed by atoms with E-state index in [0.717, 1.165) is 0 Å². The summed E-state index contributed by atoms with van der Waals surface area (Å²) in [5.74, 6) is 0. The summed E-state index contributed by atoms with van der Waals surface area (Å²) in [6, 6.07) is 0. The van der Waals surface area contributed by atoms with Crippen LogP contribution in [0, 0.1) is 0 Å². The van der Waals surface area contributed by atoms with Gasteiger partial charge in [0.1, 0.15) is 0 Å². The fourth-order valence-corrected chi connectivity index (χ4v) is 0. The molecule has 0 saturated heterocycles. The Morgan fingerprint density at radius 1 is 0.217 bits per heavy atom. The molecule has 0 radical (unpaired) electrons. The van der Waals surface area contributed by atoms with Gasteiger partial charge in [0.05, 0.1) is 0 Å². The van der Waals surface area contributed by atoms with E-state index in [1.54, 1.807) is 0 Å². The van der Waals surface area contributed by atoms with E-state index in [-0.39, 0.29) is 0 Å². The van der Waals surface area contributed by atoms with Crippen molar-refractivity contribution in [3.8, 4) is 0 Å². The first-order valence-electron chi connectivity index (χ1n) is 9.02. The molecule has 60 heavy (non-hydrogen) atoms. The van der Waals surface area contributed by atoms with Crippen molar-refractivity contribution in [3.05, 3.63) is 0 Å². The van der Waals surface area contributed by atoms with E-state index < -0.39 is 169 Å². The molecule has 0 fully saturated rings. The molecule has 0 aromatic heterocycles. The maximum absolute atomic E-state index is 10.4. The van der Waals surface area contributed by atoms with Crippen molar-refractivity contribution in [2.45, 2.75) is 0 Å². The zero-order chi connectivity index (χ0) is 54.0. The molecule has 0 saturated carbocycles. The molecular weight excluding hydrogens is 1720 g/mol. The standard InChI is InChI=1S/6FH2O3P.6FH.12H2O.6O.6Sb/c6*1-5(2,3)4;;;;;;;;;;;;;;;;;;;;;;;;;;;;;;/h6*(H2,2,3,4);6*1H;12*1H2;;;;;;;;;;;;/q;;;;;;;;;;;;;;;;;;;;;;;;;;;;;;6*+3/p-18. The summed E-state index contributed by atoms with van der Waals surface area (Å²) >= 11 is -35.1. The van der Waals surface area contributed by atoms with Crippen LogP contribution in [0.1, 0.15) is 0 Å². The summed E-state index contributed by atoms with van der Waals surface area (Å²) in [5.41, 5.74) is 0. The van der Waals surface area contributed by atoms with Crippen LogP contribution in [0.4, 0.5) is 42.1 Å². The van der Waals surface area contributed by atoms with Crippen LogP contribution in [-0.4, -0.2) is 221 Å².